The van der Waals surface area contributed by atoms with Crippen molar-refractivity contribution >= 4 is 22.6 Å². The van der Waals surface area contributed by atoms with Crippen LogP contribution in [0.25, 0.3) is 22.2 Å². The van der Waals surface area contributed by atoms with Crippen LogP contribution < -0.4 is 15.4 Å². The van der Waals surface area contributed by atoms with Gasteiger partial charge in [0.1, 0.15) is 12.1 Å². The number of aromatic nitrogens is 4. The van der Waals surface area contributed by atoms with Gasteiger partial charge in [0.2, 0.25) is 5.88 Å². The Bertz CT molecular complexity index is 1400. The summed E-state index contributed by atoms with van der Waals surface area (Å²) in [6, 6.07) is 11.8. The molecule has 0 fully saturated rings. The lowest BCUT2D eigenvalue weighted by Gasteiger charge is -2.22. The van der Waals surface area contributed by atoms with Crippen molar-refractivity contribution in [3.05, 3.63) is 71.8 Å². The van der Waals surface area contributed by atoms with E-state index in [2.05, 4.69) is 50.5 Å². The van der Waals surface area contributed by atoms with Gasteiger partial charge in [-0.2, -0.15) is 0 Å². The average molecular weight is 499 g/mol. The normalized spacial score (nSPS) is 12.8. The number of rotatable bonds is 9. The molecule has 1 amide bonds. The molecule has 3 aromatic heterocycles. The lowest BCUT2D eigenvalue weighted by molar-refractivity contribution is 0.0964. The van der Waals surface area contributed by atoms with E-state index in [9.17, 15) is 4.79 Å². The number of hydrogen-bond donors (Lipinski definition) is 2. The molecule has 4 aromatic rings. The molecule has 0 saturated heterocycles. The average Bonchev–Trinajstić information content (AvgIpc) is 2.91. The molecule has 0 spiro atoms. The van der Waals surface area contributed by atoms with Gasteiger partial charge in [0.05, 0.1) is 22.9 Å². The first-order valence-corrected chi connectivity index (χ1v) is 12.6. The highest BCUT2D eigenvalue weighted by molar-refractivity contribution is 6.06. The Morgan fingerprint density at radius 2 is 1.84 bits per heavy atom. The fourth-order valence-electron chi connectivity index (χ4n) is 4.31. The lowest BCUT2D eigenvalue weighted by Crippen LogP contribution is -2.19. The van der Waals surface area contributed by atoms with Gasteiger partial charge in [-0.1, -0.05) is 32.0 Å². The minimum atomic E-state index is -0.112. The van der Waals surface area contributed by atoms with Gasteiger partial charge in [0.25, 0.3) is 5.91 Å². The predicted molar refractivity (Wildman–Crippen MR) is 147 cm³/mol. The summed E-state index contributed by atoms with van der Waals surface area (Å²) in [5, 5.41) is 7.04. The molecule has 4 rings (SSSR count). The topological polar surface area (TPSA) is 102 Å². The summed E-state index contributed by atoms with van der Waals surface area (Å²) in [5.74, 6) is 1.75. The van der Waals surface area contributed by atoms with E-state index in [1.54, 1.807) is 31.8 Å². The highest BCUT2D eigenvalue weighted by atomic mass is 16.5. The van der Waals surface area contributed by atoms with Gasteiger partial charge in [-0.05, 0) is 50.3 Å². The van der Waals surface area contributed by atoms with Crippen LogP contribution in [-0.4, -0.2) is 45.5 Å². The van der Waals surface area contributed by atoms with Gasteiger partial charge in [-0.3, -0.25) is 9.78 Å². The van der Waals surface area contributed by atoms with Crippen LogP contribution in [0.4, 0.5) is 5.82 Å². The second-order valence-electron chi connectivity index (χ2n) is 9.63. The molecule has 0 saturated carbocycles. The summed E-state index contributed by atoms with van der Waals surface area (Å²) in [7, 11) is 1.64. The van der Waals surface area contributed by atoms with E-state index < -0.39 is 0 Å². The Hall–Kier alpha value is -4.07. The molecule has 1 aromatic carbocycles. The van der Waals surface area contributed by atoms with Crippen LogP contribution in [0.2, 0.25) is 0 Å². The summed E-state index contributed by atoms with van der Waals surface area (Å²) in [4.78, 5) is 30.3. The molecular weight excluding hydrogens is 464 g/mol. The minimum absolute atomic E-state index is 0.0684. The summed E-state index contributed by atoms with van der Waals surface area (Å²) in [5.41, 5.74) is 5.28. The maximum atomic E-state index is 12.3. The van der Waals surface area contributed by atoms with Crippen LogP contribution in [0.3, 0.4) is 0 Å². The first-order chi connectivity index (χ1) is 17.8. The second-order valence-corrected chi connectivity index (χ2v) is 9.63. The molecule has 0 aliphatic carbocycles. The van der Waals surface area contributed by atoms with Gasteiger partial charge in [-0.25, -0.2) is 15.0 Å². The third-order valence-electron chi connectivity index (χ3n) is 6.56. The maximum Gasteiger partial charge on any atom is 0.251 e. The second kappa shape index (κ2) is 11.3. The number of aryl methyl sites for hydroxylation is 1. The van der Waals surface area contributed by atoms with Gasteiger partial charge in [0, 0.05) is 48.6 Å². The maximum absolute atomic E-state index is 12.3. The summed E-state index contributed by atoms with van der Waals surface area (Å²) in [6.07, 6.45) is 5.11. The molecule has 3 heterocycles. The summed E-state index contributed by atoms with van der Waals surface area (Å²) < 4.78 is 5.75. The van der Waals surface area contributed by atoms with E-state index in [1.165, 1.54) is 0 Å². The smallest absolute Gasteiger partial charge is 0.251 e. The number of pyridine rings is 2. The quantitative estimate of drug-likeness (QED) is 0.319. The van der Waals surface area contributed by atoms with Crippen LogP contribution in [-0.2, 0) is 0 Å². The fraction of sp³-hybridized carbons (Fsp3) is 0.345. The Balaban J connectivity index is 1.49. The van der Waals surface area contributed by atoms with Crippen molar-refractivity contribution in [2.75, 3.05) is 18.9 Å². The van der Waals surface area contributed by atoms with E-state index in [1.807, 2.05) is 45.0 Å². The van der Waals surface area contributed by atoms with Crippen molar-refractivity contribution in [1.82, 2.24) is 25.3 Å². The van der Waals surface area contributed by atoms with Crippen molar-refractivity contribution in [2.24, 2.45) is 5.92 Å². The number of anilines is 1. The first kappa shape index (κ1) is 26.0. The predicted octanol–water partition coefficient (Wildman–Crippen LogP) is 5.39. The standard InChI is InChI=1S/C29H34N6O2/c1-17(2)37-29-18(3)12-21(15-33-29)25-13-26(35-16-34-25)32-14-19(4)20(5)22-8-7-9-23-24(28(36)30-6)10-11-31-27(22)23/h7-13,15-17,19-20H,14H2,1-6H3,(H,30,36)(H,32,34,35). The van der Waals surface area contributed by atoms with Crippen molar-refractivity contribution in [1.29, 1.82) is 0 Å². The van der Waals surface area contributed by atoms with Gasteiger partial charge in [0.15, 0.2) is 0 Å². The van der Waals surface area contributed by atoms with Crippen molar-refractivity contribution in [3.63, 3.8) is 0 Å². The van der Waals surface area contributed by atoms with Gasteiger partial charge in [-0.15, -0.1) is 0 Å². The Morgan fingerprint density at radius 1 is 1.03 bits per heavy atom. The van der Waals surface area contributed by atoms with Crippen molar-refractivity contribution < 1.29 is 9.53 Å². The Morgan fingerprint density at radius 3 is 2.57 bits per heavy atom. The first-order valence-electron chi connectivity index (χ1n) is 12.6. The molecule has 192 valence electrons. The van der Waals surface area contributed by atoms with E-state index in [0.29, 0.717) is 18.0 Å². The molecule has 37 heavy (non-hydrogen) atoms. The molecule has 0 bridgehead atoms. The number of nitrogens with one attached hydrogen (secondary N) is 2. The molecule has 0 radical (unpaired) electrons. The number of hydrogen-bond acceptors (Lipinski definition) is 7. The molecule has 8 nitrogen and oxygen atoms in total. The van der Waals surface area contributed by atoms with E-state index in [0.717, 1.165) is 39.1 Å². The van der Waals surface area contributed by atoms with Gasteiger partial charge < -0.3 is 15.4 Å². The molecule has 2 N–H and O–H groups in total. The molecule has 8 heteroatoms. The van der Waals surface area contributed by atoms with Crippen LogP contribution in [0.5, 0.6) is 5.88 Å². The van der Waals surface area contributed by atoms with Crippen LogP contribution >= 0.6 is 0 Å². The minimum Gasteiger partial charge on any atom is -0.475 e. The van der Waals surface area contributed by atoms with Crippen LogP contribution in [0, 0.1) is 12.8 Å². The number of amides is 1. The Kier molecular flexibility index (Phi) is 7.96. The van der Waals surface area contributed by atoms with E-state index in [-0.39, 0.29) is 23.8 Å². The highest BCUT2D eigenvalue weighted by Crippen LogP contribution is 2.31. The summed E-state index contributed by atoms with van der Waals surface area (Å²) >= 11 is 0. The van der Waals surface area contributed by atoms with Crippen LogP contribution in [0.15, 0.2) is 55.1 Å². The monoisotopic (exact) mass is 498 g/mol. The lowest BCUT2D eigenvalue weighted by atomic mass is 9.87. The van der Waals surface area contributed by atoms with E-state index >= 15 is 0 Å². The molecule has 0 aliphatic rings. The fourth-order valence-corrected chi connectivity index (χ4v) is 4.31. The third-order valence-corrected chi connectivity index (χ3v) is 6.56. The molecular formula is C29H34N6O2. The van der Waals surface area contributed by atoms with Crippen molar-refractivity contribution in [3.8, 4) is 17.1 Å². The molecule has 0 aliphatic heterocycles. The molecule has 2 unspecified atom stereocenters. The number of benzene rings is 1. The largest absolute Gasteiger partial charge is 0.475 e. The summed E-state index contributed by atoms with van der Waals surface area (Å²) in [6.45, 7) is 11.0. The van der Waals surface area contributed by atoms with Crippen LogP contribution in [0.1, 0.15) is 55.1 Å². The van der Waals surface area contributed by atoms with Gasteiger partial charge >= 0.3 is 0 Å². The van der Waals surface area contributed by atoms with Crippen molar-refractivity contribution in [2.45, 2.75) is 46.6 Å². The zero-order valence-electron chi connectivity index (χ0n) is 22.2. The number of carbonyl (C=O) groups excluding carboxylic acids is 1. The number of ether oxygens (including phenoxy) is 1. The number of fused-ring (bicyclic) bond motifs is 1. The number of carbonyl (C=O) groups is 1. The Labute approximate surface area is 217 Å². The zero-order valence-corrected chi connectivity index (χ0v) is 22.2. The van der Waals surface area contributed by atoms with E-state index in [4.69, 9.17) is 4.74 Å². The SMILES string of the molecule is CNC(=O)c1ccnc2c(C(C)C(C)CNc3cc(-c4cnc(OC(C)C)c(C)c4)ncn3)cccc12. The highest BCUT2D eigenvalue weighted by Gasteiger charge is 2.20. The third kappa shape index (κ3) is 5.85. The molecule has 2 atom stereocenters. The number of para-hydroxylation sites is 1. The zero-order chi connectivity index (χ0) is 26.5. The number of nitrogens with zero attached hydrogens (tertiary/aromatic N) is 4.